The van der Waals surface area contributed by atoms with Gasteiger partial charge in [-0.25, -0.2) is 4.98 Å². The van der Waals surface area contributed by atoms with E-state index in [-0.39, 0.29) is 36.1 Å². The van der Waals surface area contributed by atoms with E-state index in [1.54, 1.807) is 11.1 Å². The molecular formula is C19H24N4O3. The van der Waals surface area contributed by atoms with E-state index in [1.165, 1.54) is 4.90 Å². The zero-order valence-electron chi connectivity index (χ0n) is 14.8. The summed E-state index contributed by atoms with van der Waals surface area (Å²) in [4.78, 5) is 47.1. The van der Waals surface area contributed by atoms with Crippen LogP contribution in [-0.2, 0) is 14.4 Å². The first-order valence-electron chi connectivity index (χ1n) is 9.44. The highest BCUT2D eigenvalue weighted by Crippen LogP contribution is 2.37. The minimum Gasteiger partial charge on any atom is -0.353 e. The second-order valence-corrected chi connectivity index (χ2v) is 7.32. The Labute approximate surface area is 153 Å². The lowest BCUT2D eigenvalue weighted by Gasteiger charge is -2.35. The van der Waals surface area contributed by atoms with Gasteiger partial charge < -0.3 is 9.80 Å². The fourth-order valence-corrected chi connectivity index (χ4v) is 4.35. The summed E-state index contributed by atoms with van der Waals surface area (Å²) in [5, 5.41) is 0. The number of piperazine rings is 1. The number of pyridine rings is 1. The van der Waals surface area contributed by atoms with E-state index in [1.807, 2.05) is 18.2 Å². The van der Waals surface area contributed by atoms with Crippen LogP contribution in [0, 0.1) is 11.8 Å². The second kappa shape index (κ2) is 7.05. The number of anilines is 1. The van der Waals surface area contributed by atoms with Crippen LogP contribution in [0.3, 0.4) is 0 Å². The summed E-state index contributed by atoms with van der Waals surface area (Å²) < 4.78 is 0. The van der Waals surface area contributed by atoms with E-state index in [0.717, 1.165) is 31.5 Å². The Hall–Kier alpha value is -2.44. The Bertz CT molecular complexity index is 676. The number of imide groups is 1. The van der Waals surface area contributed by atoms with Gasteiger partial charge in [-0.3, -0.25) is 19.3 Å². The van der Waals surface area contributed by atoms with Crippen molar-refractivity contribution in [2.45, 2.75) is 25.7 Å². The highest BCUT2D eigenvalue weighted by Gasteiger charge is 2.48. The Kier molecular flexibility index (Phi) is 4.61. The average Bonchev–Trinajstić information content (AvgIpc) is 2.94. The summed E-state index contributed by atoms with van der Waals surface area (Å²) in [6.45, 7) is 2.47. The number of aromatic nitrogens is 1. The normalized spacial score (nSPS) is 26.2. The lowest BCUT2D eigenvalue weighted by atomic mass is 9.81. The first kappa shape index (κ1) is 17.0. The van der Waals surface area contributed by atoms with E-state index < -0.39 is 0 Å². The topological polar surface area (TPSA) is 73.8 Å². The van der Waals surface area contributed by atoms with Gasteiger partial charge in [-0.2, -0.15) is 0 Å². The summed E-state index contributed by atoms with van der Waals surface area (Å²) in [6.07, 6.45) is 5.32. The summed E-state index contributed by atoms with van der Waals surface area (Å²) in [5.74, 6) is 0.120. The molecule has 1 aliphatic carbocycles. The van der Waals surface area contributed by atoms with Crippen molar-refractivity contribution in [1.82, 2.24) is 14.8 Å². The molecule has 0 aromatic carbocycles. The molecule has 0 radical (unpaired) electrons. The van der Waals surface area contributed by atoms with Crippen LogP contribution in [0.25, 0.3) is 0 Å². The summed E-state index contributed by atoms with van der Waals surface area (Å²) in [5.41, 5.74) is 0. The van der Waals surface area contributed by atoms with Crippen molar-refractivity contribution in [1.29, 1.82) is 0 Å². The van der Waals surface area contributed by atoms with Crippen LogP contribution in [0.2, 0.25) is 0 Å². The molecule has 2 atom stereocenters. The molecule has 1 aromatic rings. The van der Waals surface area contributed by atoms with Gasteiger partial charge in [0.1, 0.15) is 12.4 Å². The van der Waals surface area contributed by atoms with Crippen LogP contribution in [0.4, 0.5) is 5.82 Å². The Balaban J connectivity index is 1.34. The van der Waals surface area contributed by atoms with Crippen LogP contribution in [0.15, 0.2) is 24.4 Å². The van der Waals surface area contributed by atoms with Crippen molar-refractivity contribution in [3.8, 4) is 0 Å². The number of hydrogen-bond donors (Lipinski definition) is 0. The van der Waals surface area contributed by atoms with E-state index in [2.05, 4.69) is 9.88 Å². The third kappa shape index (κ3) is 3.06. The molecule has 0 N–H and O–H groups in total. The molecule has 0 bridgehead atoms. The molecule has 3 fully saturated rings. The quantitative estimate of drug-likeness (QED) is 0.753. The maximum absolute atomic E-state index is 12.6. The highest BCUT2D eigenvalue weighted by atomic mass is 16.2. The molecule has 3 heterocycles. The number of carbonyl (C=O) groups is 3. The minimum absolute atomic E-state index is 0.103. The van der Waals surface area contributed by atoms with Gasteiger partial charge in [0.25, 0.3) is 0 Å². The van der Waals surface area contributed by atoms with Gasteiger partial charge in [-0.05, 0) is 25.0 Å². The maximum atomic E-state index is 12.6. The van der Waals surface area contributed by atoms with Crippen LogP contribution >= 0.6 is 0 Å². The SMILES string of the molecule is O=C(CN1C(=O)[C@@H]2CCCC[C@H]2C1=O)N1CCN(c2ccccn2)CC1. The molecule has 4 rings (SSSR count). The number of hydrogen-bond acceptors (Lipinski definition) is 5. The standard InChI is InChI=1S/C19H24N4O3/c24-17(13-23-18(25)14-5-1-2-6-15(14)19(23)26)22-11-9-21(10-12-22)16-7-3-4-8-20-16/h3-4,7-8,14-15H,1-2,5-6,9-13H2/t14-,15-/m1/s1. The monoisotopic (exact) mass is 356 g/mol. The van der Waals surface area contributed by atoms with Crippen molar-refractivity contribution in [2.75, 3.05) is 37.6 Å². The zero-order chi connectivity index (χ0) is 18.1. The molecule has 2 saturated heterocycles. The fourth-order valence-electron chi connectivity index (χ4n) is 4.35. The fraction of sp³-hybridized carbons (Fsp3) is 0.579. The second-order valence-electron chi connectivity index (χ2n) is 7.32. The lowest BCUT2D eigenvalue weighted by molar-refractivity contribution is -0.146. The first-order valence-corrected chi connectivity index (χ1v) is 9.44. The number of likely N-dealkylation sites (tertiary alicyclic amines) is 1. The van der Waals surface area contributed by atoms with Gasteiger partial charge >= 0.3 is 0 Å². The predicted molar refractivity (Wildman–Crippen MR) is 95.2 cm³/mol. The molecule has 7 nitrogen and oxygen atoms in total. The first-order chi connectivity index (χ1) is 12.6. The number of amides is 3. The minimum atomic E-state index is -0.190. The maximum Gasteiger partial charge on any atom is 0.242 e. The van der Waals surface area contributed by atoms with E-state index in [4.69, 9.17) is 0 Å². The third-order valence-corrected chi connectivity index (χ3v) is 5.83. The Morgan fingerprint density at radius 2 is 1.65 bits per heavy atom. The van der Waals surface area contributed by atoms with Gasteiger partial charge in [0.15, 0.2) is 0 Å². The van der Waals surface area contributed by atoms with Gasteiger partial charge in [0, 0.05) is 32.4 Å². The van der Waals surface area contributed by atoms with Gasteiger partial charge in [0.05, 0.1) is 11.8 Å². The van der Waals surface area contributed by atoms with Gasteiger partial charge in [0.2, 0.25) is 17.7 Å². The lowest BCUT2D eigenvalue weighted by Crippen LogP contribution is -2.52. The third-order valence-electron chi connectivity index (χ3n) is 5.83. The summed E-state index contributed by atoms with van der Waals surface area (Å²) >= 11 is 0. The number of fused-ring (bicyclic) bond motifs is 1. The average molecular weight is 356 g/mol. The Morgan fingerprint density at radius 1 is 1.00 bits per heavy atom. The number of carbonyl (C=O) groups excluding carboxylic acids is 3. The smallest absolute Gasteiger partial charge is 0.242 e. The summed E-state index contributed by atoms with van der Waals surface area (Å²) in [6, 6.07) is 5.79. The molecule has 1 aromatic heterocycles. The molecule has 1 saturated carbocycles. The molecule has 3 amide bonds. The van der Waals surface area contributed by atoms with E-state index in [0.29, 0.717) is 26.2 Å². The van der Waals surface area contributed by atoms with Crippen LogP contribution in [0.5, 0.6) is 0 Å². The van der Waals surface area contributed by atoms with Crippen molar-refractivity contribution in [3.05, 3.63) is 24.4 Å². The van der Waals surface area contributed by atoms with Crippen LogP contribution in [-0.4, -0.2) is 65.2 Å². The molecule has 26 heavy (non-hydrogen) atoms. The zero-order valence-corrected chi connectivity index (χ0v) is 14.8. The van der Waals surface area contributed by atoms with E-state index >= 15 is 0 Å². The van der Waals surface area contributed by atoms with Crippen molar-refractivity contribution >= 4 is 23.5 Å². The van der Waals surface area contributed by atoms with Gasteiger partial charge in [-0.15, -0.1) is 0 Å². The van der Waals surface area contributed by atoms with Crippen molar-refractivity contribution in [2.24, 2.45) is 11.8 Å². The molecule has 7 heteroatoms. The predicted octanol–water partition coefficient (Wildman–Crippen LogP) is 0.905. The Morgan fingerprint density at radius 3 is 2.23 bits per heavy atom. The van der Waals surface area contributed by atoms with Crippen molar-refractivity contribution in [3.63, 3.8) is 0 Å². The van der Waals surface area contributed by atoms with Crippen molar-refractivity contribution < 1.29 is 14.4 Å². The molecular weight excluding hydrogens is 332 g/mol. The molecule has 138 valence electrons. The molecule has 0 unspecified atom stereocenters. The van der Waals surface area contributed by atoms with Crippen LogP contribution < -0.4 is 4.90 Å². The largest absolute Gasteiger partial charge is 0.353 e. The van der Waals surface area contributed by atoms with Gasteiger partial charge in [-0.1, -0.05) is 18.9 Å². The number of rotatable bonds is 3. The molecule has 0 spiro atoms. The van der Waals surface area contributed by atoms with E-state index in [9.17, 15) is 14.4 Å². The number of nitrogens with zero attached hydrogens (tertiary/aromatic N) is 4. The van der Waals surface area contributed by atoms with Crippen LogP contribution in [0.1, 0.15) is 25.7 Å². The highest BCUT2D eigenvalue weighted by molar-refractivity contribution is 6.07. The summed E-state index contributed by atoms with van der Waals surface area (Å²) in [7, 11) is 0. The molecule has 3 aliphatic rings. The molecule has 2 aliphatic heterocycles.